The number of nitrogens with one attached hydrogen (secondary N) is 2. The van der Waals surface area contributed by atoms with Crippen molar-refractivity contribution in [1.29, 1.82) is 0 Å². The Balaban J connectivity index is 2.53. The van der Waals surface area contributed by atoms with Crippen molar-refractivity contribution >= 4 is 29.6 Å². The van der Waals surface area contributed by atoms with E-state index in [-0.39, 0.29) is 37.5 Å². The summed E-state index contributed by atoms with van der Waals surface area (Å²) in [4.78, 5) is 50.3. The van der Waals surface area contributed by atoms with Crippen molar-refractivity contribution in [2.75, 3.05) is 19.8 Å². The summed E-state index contributed by atoms with van der Waals surface area (Å²) in [5.74, 6) is -3.77. The second-order valence-corrected chi connectivity index (χ2v) is 6.33. The largest absolute Gasteiger partial charge is 0.465 e. The van der Waals surface area contributed by atoms with E-state index in [9.17, 15) is 19.2 Å². The summed E-state index contributed by atoms with van der Waals surface area (Å²) in [5.41, 5.74) is 0.964. The predicted molar refractivity (Wildman–Crippen MR) is 107 cm³/mol. The van der Waals surface area contributed by atoms with Gasteiger partial charge in [-0.15, -0.1) is 0 Å². The summed E-state index contributed by atoms with van der Waals surface area (Å²) in [6, 6.07) is 7.03. The Morgan fingerprint density at radius 2 is 1.53 bits per heavy atom. The Labute approximate surface area is 174 Å². The number of carbonyl (C=O) groups is 4. The van der Waals surface area contributed by atoms with Crippen molar-refractivity contribution in [2.24, 2.45) is 5.92 Å². The molecule has 1 aliphatic rings. The van der Waals surface area contributed by atoms with Gasteiger partial charge in [0.15, 0.2) is 5.92 Å². The zero-order valence-corrected chi connectivity index (χ0v) is 17.2. The molecule has 9 nitrogen and oxygen atoms in total. The molecule has 2 rings (SSSR count). The quantitative estimate of drug-likeness (QED) is 0.375. The Morgan fingerprint density at radius 1 is 0.967 bits per heavy atom. The van der Waals surface area contributed by atoms with Crippen LogP contribution < -0.4 is 10.6 Å². The molecular formula is C21H26N2O7. The summed E-state index contributed by atoms with van der Waals surface area (Å²) < 4.78 is 15.2. The minimum Gasteiger partial charge on any atom is -0.465 e. The maximum absolute atomic E-state index is 12.7. The lowest BCUT2D eigenvalue weighted by atomic mass is 9.91. The molecule has 0 radical (unpaired) electrons. The van der Waals surface area contributed by atoms with Crippen LogP contribution in [0.4, 0.5) is 4.79 Å². The number of amides is 2. The van der Waals surface area contributed by atoms with E-state index in [1.54, 1.807) is 51.1 Å². The van der Waals surface area contributed by atoms with Gasteiger partial charge in [0.2, 0.25) is 0 Å². The summed E-state index contributed by atoms with van der Waals surface area (Å²) in [6.45, 7) is 5.07. The van der Waals surface area contributed by atoms with E-state index in [2.05, 4.69) is 10.6 Å². The molecule has 162 valence electrons. The van der Waals surface area contributed by atoms with Gasteiger partial charge in [0.1, 0.15) is 0 Å². The predicted octanol–water partition coefficient (Wildman–Crippen LogP) is 1.77. The average molecular weight is 418 g/mol. The summed E-state index contributed by atoms with van der Waals surface area (Å²) >= 11 is 0. The number of urea groups is 1. The second kappa shape index (κ2) is 11.0. The molecule has 2 N–H and O–H groups in total. The number of rotatable bonds is 8. The molecule has 1 aromatic carbocycles. The van der Waals surface area contributed by atoms with Crippen LogP contribution in [0.5, 0.6) is 0 Å². The first-order valence-electron chi connectivity index (χ1n) is 9.79. The van der Waals surface area contributed by atoms with Crippen LogP contribution in [-0.2, 0) is 28.6 Å². The maximum atomic E-state index is 12.7. The smallest absolute Gasteiger partial charge is 0.336 e. The van der Waals surface area contributed by atoms with Crippen LogP contribution in [0.25, 0.3) is 5.70 Å². The monoisotopic (exact) mass is 418 g/mol. The molecule has 1 aromatic rings. The maximum Gasteiger partial charge on any atom is 0.336 e. The van der Waals surface area contributed by atoms with Gasteiger partial charge in [0.25, 0.3) is 0 Å². The number of ether oxygens (including phenoxy) is 3. The van der Waals surface area contributed by atoms with Crippen molar-refractivity contribution < 1.29 is 33.4 Å². The lowest BCUT2D eigenvalue weighted by molar-refractivity contribution is -0.163. The first kappa shape index (κ1) is 22.9. The van der Waals surface area contributed by atoms with Crippen molar-refractivity contribution in [1.82, 2.24) is 10.6 Å². The summed E-state index contributed by atoms with van der Waals surface area (Å²) in [5, 5.41) is 5.22. The molecule has 0 saturated heterocycles. The molecule has 2 amide bonds. The zero-order valence-electron chi connectivity index (χ0n) is 17.2. The van der Waals surface area contributed by atoms with E-state index >= 15 is 0 Å². The molecule has 1 atom stereocenters. The van der Waals surface area contributed by atoms with Gasteiger partial charge in [-0.05, 0) is 26.3 Å². The van der Waals surface area contributed by atoms with E-state index in [4.69, 9.17) is 14.2 Å². The fourth-order valence-corrected chi connectivity index (χ4v) is 3.11. The average Bonchev–Trinajstić information content (AvgIpc) is 2.88. The highest BCUT2D eigenvalue weighted by atomic mass is 16.6. The zero-order chi connectivity index (χ0) is 22.1. The van der Waals surface area contributed by atoms with Crippen molar-refractivity contribution in [3.63, 3.8) is 0 Å². The molecule has 0 bridgehead atoms. The molecule has 0 aliphatic carbocycles. The van der Waals surface area contributed by atoms with Gasteiger partial charge in [0, 0.05) is 6.42 Å². The van der Waals surface area contributed by atoms with Gasteiger partial charge < -0.3 is 24.8 Å². The Kier molecular flexibility index (Phi) is 8.40. The third kappa shape index (κ3) is 5.59. The van der Waals surface area contributed by atoms with E-state index in [0.717, 1.165) is 0 Å². The highest BCUT2D eigenvalue weighted by molar-refractivity contribution is 6.03. The lowest BCUT2D eigenvalue weighted by Gasteiger charge is -2.23. The minimum absolute atomic E-state index is 0.0451. The molecule has 1 unspecified atom stereocenters. The van der Waals surface area contributed by atoms with E-state index < -0.39 is 35.9 Å². The fraction of sp³-hybridized carbons (Fsp3) is 0.429. The van der Waals surface area contributed by atoms with Crippen molar-refractivity contribution in [3.8, 4) is 0 Å². The highest BCUT2D eigenvalue weighted by Gasteiger charge is 2.41. The molecule has 0 fully saturated rings. The van der Waals surface area contributed by atoms with Crippen molar-refractivity contribution in [2.45, 2.75) is 33.2 Å². The summed E-state index contributed by atoms with van der Waals surface area (Å²) in [7, 11) is 0. The number of esters is 3. The Morgan fingerprint density at radius 3 is 2.07 bits per heavy atom. The highest BCUT2D eigenvalue weighted by Crippen LogP contribution is 2.27. The molecule has 9 heteroatoms. The van der Waals surface area contributed by atoms with Crippen LogP contribution >= 0.6 is 0 Å². The normalized spacial score (nSPS) is 16.3. The van der Waals surface area contributed by atoms with Gasteiger partial charge in [-0.2, -0.15) is 0 Å². The van der Waals surface area contributed by atoms with E-state index in [1.807, 2.05) is 0 Å². The molecule has 1 heterocycles. The number of carbonyl (C=O) groups excluding carboxylic acids is 4. The molecule has 0 spiro atoms. The standard InChI is InChI=1S/C21H26N2O7/c1-4-28-18(24)14-12-15(16(19(25)29-5-2)20(26)30-6-3)22-21(27)23-17(14)13-10-8-7-9-11-13/h7-11,15-16H,4-6,12H2,1-3H3,(H2,22,23,27). The topological polar surface area (TPSA) is 120 Å². The van der Waals surface area contributed by atoms with E-state index in [0.29, 0.717) is 5.56 Å². The molecular weight excluding hydrogens is 392 g/mol. The summed E-state index contributed by atoms with van der Waals surface area (Å²) in [6.07, 6.45) is -0.135. The minimum atomic E-state index is -1.44. The van der Waals surface area contributed by atoms with Crippen LogP contribution in [0.1, 0.15) is 32.8 Å². The Hall–Kier alpha value is -3.36. The van der Waals surface area contributed by atoms with E-state index in [1.165, 1.54) is 0 Å². The lowest BCUT2D eigenvalue weighted by Crippen LogP contribution is -2.49. The molecule has 1 aliphatic heterocycles. The SMILES string of the molecule is CCOC(=O)C1=C(c2ccccc2)NC(=O)NC(C(C(=O)OCC)C(=O)OCC)C1. The number of benzene rings is 1. The third-order valence-corrected chi connectivity index (χ3v) is 4.35. The van der Waals surface area contributed by atoms with Crippen molar-refractivity contribution in [3.05, 3.63) is 41.5 Å². The molecule has 30 heavy (non-hydrogen) atoms. The van der Waals surface area contributed by atoms with Crippen LogP contribution in [-0.4, -0.2) is 49.8 Å². The first-order chi connectivity index (χ1) is 14.4. The second-order valence-electron chi connectivity index (χ2n) is 6.33. The van der Waals surface area contributed by atoms with Gasteiger partial charge >= 0.3 is 23.9 Å². The number of hydrogen-bond donors (Lipinski definition) is 2. The Bertz CT molecular complexity index is 802. The first-order valence-corrected chi connectivity index (χ1v) is 9.79. The van der Waals surface area contributed by atoms with Crippen LogP contribution in [0, 0.1) is 5.92 Å². The van der Waals surface area contributed by atoms with Gasteiger partial charge in [-0.3, -0.25) is 9.59 Å². The van der Waals surface area contributed by atoms with Gasteiger partial charge in [-0.25, -0.2) is 9.59 Å². The van der Waals surface area contributed by atoms with Crippen LogP contribution in [0.3, 0.4) is 0 Å². The van der Waals surface area contributed by atoms with Crippen LogP contribution in [0.15, 0.2) is 35.9 Å². The fourth-order valence-electron chi connectivity index (χ4n) is 3.11. The van der Waals surface area contributed by atoms with Crippen LogP contribution in [0.2, 0.25) is 0 Å². The third-order valence-electron chi connectivity index (χ3n) is 4.35. The number of hydrogen-bond acceptors (Lipinski definition) is 7. The molecule has 0 aromatic heterocycles. The van der Waals surface area contributed by atoms with Gasteiger partial charge in [0.05, 0.1) is 37.1 Å². The molecule has 0 saturated carbocycles. The van der Waals surface area contributed by atoms with Gasteiger partial charge in [-0.1, -0.05) is 30.3 Å².